The molecule has 1 aliphatic heterocycles. The van der Waals surface area contributed by atoms with Crippen LogP contribution < -0.4 is 10.2 Å². The molecule has 9 heteroatoms. The molecule has 4 rings (SSSR count). The summed E-state index contributed by atoms with van der Waals surface area (Å²) in [6.07, 6.45) is 5.97. The molecule has 0 radical (unpaired) electrons. The fourth-order valence-corrected chi connectivity index (χ4v) is 3.83. The van der Waals surface area contributed by atoms with Gasteiger partial charge in [0, 0.05) is 58.2 Å². The molecule has 1 aliphatic rings. The Kier molecular flexibility index (Phi) is 4.33. The van der Waals surface area contributed by atoms with Crippen molar-refractivity contribution in [3.05, 3.63) is 36.3 Å². The van der Waals surface area contributed by atoms with Crippen molar-refractivity contribution in [3.8, 4) is 0 Å². The summed E-state index contributed by atoms with van der Waals surface area (Å²) in [5.74, 6) is -0.123. The van der Waals surface area contributed by atoms with Crippen molar-refractivity contribution < 1.29 is 4.79 Å². The summed E-state index contributed by atoms with van der Waals surface area (Å²) in [5, 5.41) is 12.3. The Hall–Kier alpha value is -2.52. The van der Waals surface area contributed by atoms with Gasteiger partial charge < -0.3 is 14.6 Å². The minimum Gasteiger partial charge on any atom is -0.344 e. The van der Waals surface area contributed by atoms with Crippen LogP contribution in [0.4, 0.5) is 10.3 Å². The van der Waals surface area contributed by atoms with Crippen LogP contribution in [0, 0.1) is 0 Å². The van der Waals surface area contributed by atoms with Crippen molar-refractivity contribution in [3.63, 3.8) is 0 Å². The van der Waals surface area contributed by atoms with Crippen molar-refractivity contribution in [2.24, 2.45) is 0 Å². The number of carbonyl (C=O) groups is 1. The van der Waals surface area contributed by atoms with E-state index in [1.807, 2.05) is 18.5 Å². The summed E-state index contributed by atoms with van der Waals surface area (Å²) >= 11 is 1.42. The van der Waals surface area contributed by atoms with Gasteiger partial charge >= 0.3 is 0 Å². The molecule has 0 aliphatic carbocycles. The molecule has 0 unspecified atom stereocenters. The first-order valence-electron chi connectivity index (χ1n) is 8.17. The summed E-state index contributed by atoms with van der Waals surface area (Å²) in [5.41, 5.74) is 2.26. The van der Waals surface area contributed by atoms with Crippen LogP contribution in [-0.4, -0.2) is 56.6 Å². The van der Waals surface area contributed by atoms with Crippen molar-refractivity contribution >= 4 is 33.2 Å². The fourth-order valence-electron chi connectivity index (χ4n) is 2.98. The Bertz CT molecular complexity index is 848. The van der Waals surface area contributed by atoms with E-state index < -0.39 is 0 Å². The Morgan fingerprint density at radius 3 is 2.88 bits per heavy atom. The largest absolute Gasteiger partial charge is 0.344 e. The van der Waals surface area contributed by atoms with Crippen LogP contribution in [-0.2, 0) is 11.3 Å². The molecular weight excluding hydrogens is 338 g/mol. The minimum atomic E-state index is -0.123. The molecule has 1 amide bonds. The molecule has 4 heterocycles. The molecule has 25 heavy (non-hydrogen) atoms. The van der Waals surface area contributed by atoms with Gasteiger partial charge in [0.25, 0.3) is 0 Å². The maximum Gasteiger partial charge on any atom is 0.223 e. The fraction of sp³-hybridized carbons (Fsp3) is 0.375. The maximum atomic E-state index is 11.1. The number of hydrogen-bond acceptors (Lipinski definition) is 7. The predicted octanol–water partition coefficient (Wildman–Crippen LogP) is 1.47. The van der Waals surface area contributed by atoms with Crippen LogP contribution in [0.25, 0.3) is 5.65 Å². The highest BCUT2D eigenvalue weighted by Gasteiger charge is 2.20. The molecule has 0 aromatic carbocycles. The van der Waals surface area contributed by atoms with Gasteiger partial charge in [-0.25, -0.2) is 4.98 Å². The standard InChI is InChI=1S/C16H19N7OS/c1-12(24)18-15-19-20-16(25-15)22-7-5-21(6-8-22)10-13-9-14-17-3-2-4-23(14)11-13/h2-4,9,11H,5-8,10H2,1H3,(H,18,19,24). The third-order valence-corrected chi connectivity index (χ3v) is 5.07. The number of fused-ring (bicyclic) bond motifs is 1. The highest BCUT2D eigenvalue weighted by Crippen LogP contribution is 2.25. The second-order valence-corrected chi connectivity index (χ2v) is 7.02. The lowest BCUT2D eigenvalue weighted by atomic mass is 10.2. The Morgan fingerprint density at radius 2 is 2.12 bits per heavy atom. The Balaban J connectivity index is 1.34. The van der Waals surface area contributed by atoms with E-state index in [4.69, 9.17) is 0 Å². The van der Waals surface area contributed by atoms with Crippen LogP contribution in [0.15, 0.2) is 30.7 Å². The van der Waals surface area contributed by atoms with Gasteiger partial charge in [0.2, 0.25) is 16.2 Å². The van der Waals surface area contributed by atoms with E-state index in [0.717, 1.165) is 43.5 Å². The number of nitrogens with one attached hydrogen (secondary N) is 1. The smallest absolute Gasteiger partial charge is 0.223 e. The molecular formula is C16H19N7OS. The normalized spacial score (nSPS) is 15.6. The first-order chi connectivity index (χ1) is 12.2. The van der Waals surface area contributed by atoms with Crippen molar-refractivity contribution in [2.75, 3.05) is 36.4 Å². The SMILES string of the molecule is CC(=O)Nc1nnc(N2CCN(Cc3cc4ncccn4c3)CC2)s1. The van der Waals surface area contributed by atoms with Gasteiger partial charge in [-0.05, 0) is 17.7 Å². The van der Waals surface area contributed by atoms with E-state index in [0.29, 0.717) is 5.13 Å². The summed E-state index contributed by atoms with van der Waals surface area (Å²) < 4.78 is 2.05. The average molecular weight is 357 g/mol. The number of amides is 1. The molecule has 1 saturated heterocycles. The van der Waals surface area contributed by atoms with Crippen LogP contribution in [0.3, 0.4) is 0 Å². The predicted molar refractivity (Wildman–Crippen MR) is 96.9 cm³/mol. The number of aromatic nitrogens is 4. The van der Waals surface area contributed by atoms with Gasteiger partial charge in [0.15, 0.2) is 0 Å². The Labute approximate surface area is 149 Å². The number of nitrogens with zero attached hydrogens (tertiary/aromatic N) is 6. The van der Waals surface area contributed by atoms with Crippen molar-refractivity contribution in [2.45, 2.75) is 13.5 Å². The number of piperazine rings is 1. The average Bonchev–Trinajstić information content (AvgIpc) is 3.21. The monoisotopic (exact) mass is 357 g/mol. The van der Waals surface area contributed by atoms with Gasteiger partial charge in [-0.2, -0.15) is 0 Å². The van der Waals surface area contributed by atoms with Crippen LogP contribution in [0.2, 0.25) is 0 Å². The topological polar surface area (TPSA) is 78.7 Å². The number of carbonyl (C=O) groups excluding carboxylic acids is 1. The summed E-state index contributed by atoms with van der Waals surface area (Å²) in [6.45, 7) is 6.13. The van der Waals surface area contributed by atoms with Crippen LogP contribution in [0.1, 0.15) is 12.5 Å². The van der Waals surface area contributed by atoms with Gasteiger partial charge in [0.1, 0.15) is 5.65 Å². The first kappa shape index (κ1) is 16.0. The number of rotatable bonds is 4. The molecule has 130 valence electrons. The number of anilines is 2. The van der Waals surface area contributed by atoms with E-state index in [2.05, 4.69) is 47.0 Å². The summed E-state index contributed by atoms with van der Waals surface area (Å²) in [6, 6.07) is 4.07. The second kappa shape index (κ2) is 6.77. The molecule has 8 nitrogen and oxygen atoms in total. The molecule has 3 aromatic heterocycles. The van der Waals surface area contributed by atoms with E-state index >= 15 is 0 Å². The lowest BCUT2D eigenvalue weighted by Crippen LogP contribution is -2.45. The van der Waals surface area contributed by atoms with Gasteiger partial charge in [-0.15, -0.1) is 10.2 Å². The van der Waals surface area contributed by atoms with E-state index in [1.54, 1.807) is 0 Å². The van der Waals surface area contributed by atoms with Crippen LogP contribution in [0.5, 0.6) is 0 Å². The zero-order valence-corrected chi connectivity index (χ0v) is 14.7. The molecule has 3 aromatic rings. The zero-order chi connectivity index (χ0) is 17.2. The number of hydrogen-bond donors (Lipinski definition) is 1. The highest BCUT2D eigenvalue weighted by atomic mass is 32.1. The minimum absolute atomic E-state index is 0.123. The lowest BCUT2D eigenvalue weighted by molar-refractivity contribution is -0.114. The zero-order valence-electron chi connectivity index (χ0n) is 13.9. The van der Waals surface area contributed by atoms with Gasteiger partial charge in [-0.3, -0.25) is 9.69 Å². The third-order valence-electron chi connectivity index (χ3n) is 4.17. The Morgan fingerprint density at radius 1 is 1.28 bits per heavy atom. The third kappa shape index (κ3) is 3.62. The molecule has 1 fully saturated rings. The van der Waals surface area contributed by atoms with E-state index in [9.17, 15) is 4.79 Å². The van der Waals surface area contributed by atoms with Gasteiger partial charge in [-0.1, -0.05) is 11.3 Å². The summed E-state index contributed by atoms with van der Waals surface area (Å²) in [7, 11) is 0. The first-order valence-corrected chi connectivity index (χ1v) is 8.99. The van der Waals surface area contributed by atoms with E-state index in [-0.39, 0.29) is 5.91 Å². The molecule has 0 atom stereocenters. The van der Waals surface area contributed by atoms with Crippen LogP contribution >= 0.6 is 11.3 Å². The van der Waals surface area contributed by atoms with Gasteiger partial charge in [0.05, 0.1) is 0 Å². The molecule has 0 bridgehead atoms. The van der Waals surface area contributed by atoms with Crippen molar-refractivity contribution in [1.82, 2.24) is 24.5 Å². The molecule has 0 saturated carbocycles. The quantitative estimate of drug-likeness (QED) is 0.762. The van der Waals surface area contributed by atoms with E-state index in [1.165, 1.54) is 23.8 Å². The molecule has 0 spiro atoms. The maximum absolute atomic E-state index is 11.1. The second-order valence-electron chi connectivity index (χ2n) is 6.07. The molecule has 1 N–H and O–H groups in total. The highest BCUT2D eigenvalue weighted by molar-refractivity contribution is 7.19. The lowest BCUT2D eigenvalue weighted by Gasteiger charge is -2.34. The van der Waals surface area contributed by atoms with Crippen molar-refractivity contribution in [1.29, 1.82) is 0 Å². The summed E-state index contributed by atoms with van der Waals surface area (Å²) in [4.78, 5) is 20.1.